The average molecular weight is 321 g/mol. The van der Waals surface area contributed by atoms with Crippen LogP contribution in [0.4, 0.5) is 0 Å². The second-order valence-electron chi connectivity index (χ2n) is 4.01. The van der Waals surface area contributed by atoms with E-state index in [4.69, 9.17) is 18.0 Å². The smallest absolute Gasteiger partial charge is 0.0740 e. The van der Waals surface area contributed by atoms with Gasteiger partial charge < -0.3 is 5.73 Å². The molecule has 0 saturated carbocycles. The Labute approximate surface area is 115 Å². The Morgan fingerprint density at radius 1 is 1.62 bits per heavy atom. The van der Waals surface area contributed by atoms with Crippen molar-refractivity contribution in [3.05, 3.63) is 20.8 Å². The summed E-state index contributed by atoms with van der Waals surface area (Å²) in [5.74, 6) is 0. The van der Waals surface area contributed by atoms with Crippen molar-refractivity contribution in [3.63, 3.8) is 0 Å². The number of hydrogen-bond acceptors (Lipinski definition) is 3. The number of thiophene rings is 1. The molecule has 0 saturated heterocycles. The lowest BCUT2D eigenvalue weighted by Gasteiger charge is -2.25. The van der Waals surface area contributed by atoms with Crippen molar-refractivity contribution in [2.75, 3.05) is 6.54 Å². The van der Waals surface area contributed by atoms with E-state index in [1.807, 2.05) is 0 Å². The van der Waals surface area contributed by atoms with Crippen molar-refractivity contribution in [2.24, 2.45) is 5.73 Å². The molecule has 2 N–H and O–H groups in total. The summed E-state index contributed by atoms with van der Waals surface area (Å²) < 4.78 is 1.16. The van der Waals surface area contributed by atoms with E-state index in [0.717, 1.165) is 24.0 Å². The Kier molecular flexibility index (Phi) is 5.89. The summed E-state index contributed by atoms with van der Waals surface area (Å²) in [5, 5.41) is 2.11. The number of halogens is 1. The van der Waals surface area contributed by atoms with Crippen molar-refractivity contribution in [3.8, 4) is 0 Å². The van der Waals surface area contributed by atoms with Crippen LogP contribution in [0.5, 0.6) is 0 Å². The van der Waals surface area contributed by atoms with E-state index in [1.165, 1.54) is 4.88 Å². The molecule has 0 unspecified atom stereocenters. The van der Waals surface area contributed by atoms with Gasteiger partial charge in [-0.25, -0.2) is 0 Å². The van der Waals surface area contributed by atoms with Crippen LogP contribution >= 0.6 is 39.5 Å². The average Bonchev–Trinajstić information content (AvgIpc) is 2.57. The third kappa shape index (κ3) is 4.91. The van der Waals surface area contributed by atoms with Gasteiger partial charge in [-0.2, -0.15) is 0 Å². The molecule has 1 rings (SSSR count). The second kappa shape index (κ2) is 6.69. The zero-order valence-electron chi connectivity index (χ0n) is 9.57. The van der Waals surface area contributed by atoms with Crippen LogP contribution < -0.4 is 5.73 Å². The van der Waals surface area contributed by atoms with Gasteiger partial charge >= 0.3 is 0 Å². The molecule has 0 radical (unpaired) electrons. The van der Waals surface area contributed by atoms with Gasteiger partial charge in [0.15, 0.2) is 0 Å². The molecule has 1 aromatic rings. The van der Waals surface area contributed by atoms with Gasteiger partial charge in [-0.15, -0.1) is 11.3 Å². The predicted molar refractivity (Wildman–Crippen MR) is 79.0 cm³/mol. The topological polar surface area (TPSA) is 29.3 Å². The van der Waals surface area contributed by atoms with Crippen molar-refractivity contribution in [2.45, 2.75) is 32.9 Å². The summed E-state index contributed by atoms with van der Waals surface area (Å²) in [4.78, 5) is 4.35. The monoisotopic (exact) mass is 320 g/mol. The number of thiocarbonyl (C=S) groups is 1. The highest BCUT2D eigenvalue weighted by atomic mass is 79.9. The molecule has 0 aliphatic rings. The number of rotatable bonds is 6. The fraction of sp³-hybridized carbons (Fsp3) is 0.545. The van der Waals surface area contributed by atoms with Crippen LogP contribution in [0.1, 0.15) is 25.1 Å². The molecule has 0 atom stereocenters. The lowest BCUT2D eigenvalue weighted by Crippen LogP contribution is -2.32. The zero-order valence-corrected chi connectivity index (χ0v) is 12.8. The van der Waals surface area contributed by atoms with E-state index in [2.05, 4.69) is 46.1 Å². The van der Waals surface area contributed by atoms with Crippen LogP contribution in [-0.4, -0.2) is 22.5 Å². The van der Waals surface area contributed by atoms with Crippen LogP contribution in [-0.2, 0) is 6.54 Å². The Bertz CT molecular complexity index is 350. The van der Waals surface area contributed by atoms with Gasteiger partial charge in [-0.1, -0.05) is 12.2 Å². The van der Waals surface area contributed by atoms with Crippen LogP contribution in [0.15, 0.2) is 15.9 Å². The number of nitrogens with two attached hydrogens (primary N) is 1. The van der Waals surface area contributed by atoms with Gasteiger partial charge in [0.2, 0.25) is 0 Å². The van der Waals surface area contributed by atoms with Crippen LogP contribution in [0, 0.1) is 0 Å². The molecule has 5 heteroatoms. The Hall–Kier alpha value is 0.0300. The van der Waals surface area contributed by atoms with E-state index in [0.29, 0.717) is 11.0 Å². The summed E-state index contributed by atoms with van der Waals surface area (Å²) >= 11 is 10.2. The molecule has 16 heavy (non-hydrogen) atoms. The summed E-state index contributed by atoms with van der Waals surface area (Å²) in [7, 11) is 0. The van der Waals surface area contributed by atoms with Gasteiger partial charge in [0.1, 0.15) is 0 Å². The molecule has 0 amide bonds. The van der Waals surface area contributed by atoms with E-state index >= 15 is 0 Å². The van der Waals surface area contributed by atoms with Gasteiger partial charge in [0.05, 0.1) is 4.99 Å². The highest BCUT2D eigenvalue weighted by molar-refractivity contribution is 9.10. The molecule has 1 heterocycles. The molecule has 0 aromatic carbocycles. The fourth-order valence-electron chi connectivity index (χ4n) is 1.41. The van der Waals surface area contributed by atoms with Crippen molar-refractivity contribution in [1.82, 2.24) is 4.90 Å². The molecule has 0 aliphatic carbocycles. The molecular weight excluding hydrogens is 304 g/mol. The summed E-state index contributed by atoms with van der Waals surface area (Å²) in [5.41, 5.74) is 5.54. The minimum Gasteiger partial charge on any atom is -0.393 e. The highest BCUT2D eigenvalue weighted by Crippen LogP contribution is 2.21. The van der Waals surface area contributed by atoms with E-state index < -0.39 is 0 Å². The SMILES string of the molecule is CC(C)N(CCC(N)=S)Cc1cc(Br)cs1. The summed E-state index contributed by atoms with van der Waals surface area (Å²) in [6.07, 6.45) is 0.792. The first kappa shape index (κ1) is 14.1. The quantitative estimate of drug-likeness (QED) is 0.814. The fourth-order valence-corrected chi connectivity index (χ4v) is 2.98. The Morgan fingerprint density at radius 3 is 2.75 bits per heavy atom. The first-order valence-electron chi connectivity index (χ1n) is 5.24. The van der Waals surface area contributed by atoms with Crippen LogP contribution in [0.2, 0.25) is 0 Å². The maximum atomic E-state index is 5.54. The first-order chi connectivity index (χ1) is 7.49. The van der Waals surface area contributed by atoms with Crippen LogP contribution in [0.3, 0.4) is 0 Å². The molecule has 0 spiro atoms. The minimum absolute atomic E-state index is 0.509. The van der Waals surface area contributed by atoms with E-state index in [-0.39, 0.29) is 0 Å². The van der Waals surface area contributed by atoms with Crippen molar-refractivity contribution in [1.29, 1.82) is 0 Å². The largest absolute Gasteiger partial charge is 0.393 e. The third-order valence-corrected chi connectivity index (χ3v) is 4.24. The van der Waals surface area contributed by atoms with Gasteiger partial charge in [-0.3, -0.25) is 4.90 Å². The highest BCUT2D eigenvalue weighted by Gasteiger charge is 2.11. The van der Waals surface area contributed by atoms with E-state index in [9.17, 15) is 0 Å². The summed E-state index contributed by atoms with van der Waals surface area (Å²) in [6.45, 7) is 6.30. The molecule has 90 valence electrons. The lowest BCUT2D eigenvalue weighted by molar-refractivity contribution is 0.221. The lowest BCUT2D eigenvalue weighted by atomic mass is 10.2. The predicted octanol–water partition coefficient (Wildman–Crippen LogP) is 3.40. The van der Waals surface area contributed by atoms with Gasteiger partial charge in [-0.05, 0) is 35.8 Å². The minimum atomic E-state index is 0.509. The number of hydrogen-bond donors (Lipinski definition) is 1. The summed E-state index contributed by atoms with van der Waals surface area (Å²) in [6, 6.07) is 2.68. The Morgan fingerprint density at radius 2 is 2.31 bits per heavy atom. The Balaban J connectivity index is 2.54. The molecule has 2 nitrogen and oxygen atoms in total. The first-order valence-corrected chi connectivity index (χ1v) is 7.32. The normalized spacial score (nSPS) is 11.3. The number of nitrogens with zero attached hydrogens (tertiary/aromatic N) is 1. The van der Waals surface area contributed by atoms with Crippen LogP contribution in [0.25, 0.3) is 0 Å². The molecule has 0 aliphatic heterocycles. The molecule has 0 fully saturated rings. The third-order valence-electron chi connectivity index (χ3n) is 2.36. The van der Waals surface area contributed by atoms with Crippen molar-refractivity contribution < 1.29 is 0 Å². The molecular formula is C11H17BrN2S2. The van der Waals surface area contributed by atoms with Crippen molar-refractivity contribution >= 4 is 44.5 Å². The zero-order chi connectivity index (χ0) is 12.1. The molecule has 1 aromatic heterocycles. The van der Waals surface area contributed by atoms with Gasteiger partial charge in [0.25, 0.3) is 0 Å². The maximum Gasteiger partial charge on any atom is 0.0740 e. The second-order valence-corrected chi connectivity index (χ2v) is 6.45. The molecule has 0 bridgehead atoms. The van der Waals surface area contributed by atoms with Gasteiger partial charge in [0, 0.05) is 40.3 Å². The standard InChI is InChI=1S/C11H17BrN2S2/c1-8(2)14(4-3-11(13)15)6-10-5-9(12)7-16-10/h5,7-8H,3-4,6H2,1-2H3,(H2,13,15). The van der Waals surface area contributed by atoms with E-state index in [1.54, 1.807) is 11.3 Å². The maximum absolute atomic E-state index is 5.54.